The molecule has 0 aliphatic carbocycles. The van der Waals surface area contributed by atoms with E-state index < -0.39 is 5.82 Å². The van der Waals surface area contributed by atoms with Gasteiger partial charge in [-0.1, -0.05) is 26.0 Å². The molecule has 2 unspecified atom stereocenters. The fourth-order valence-corrected chi connectivity index (χ4v) is 2.66. The Bertz CT molecular complexity index is 440. The van der Waals surface area contributed by atoms with E-state index in [1.807, 2.05) is 4.90 Å². The fraction of sp³-hybridized carbons (Fsp3) is 0.533. The average molecular weight is 265 g/mol. The molecular weight excluding hydrogens is 245 g/mol. The van der Waals surface area contributed by atoms with E-state index in [1.165, 1.54) is 12.1 Å². The number of benzene rings is 1. The summed E-state index contributed by atoms with van der Waals surface area (Å²) in [6.07, 6.45) is 1.15. The Morgan fingerprint density at radius 3 is 2.58 bits per heavy atom. The first kappa shape index (κ1) is 13.8. The van der Waals surface area contributed by atoms with Gasteiger partial charge in [0.2, 0.25) is 0 Å². The predicted octanol–water partition coefficient (Wildman–Crippen LogP) is 2.71. The molecule has 104 valence electrons. The molecule has 0 aromatic heterocycles. The molecule has 1 aromatic rings. The van der Waals surface area contributed by atoms with Crippen molar-refractivity contribution in [1.82, 2.24) is 4.90 Å². The summed E-state index contributed by atoms with van der Waals surface area (Å²) in [6, 6.07) is 6.14. The predicted molar refractivity (Wildman–Crippen MR) is 71.4 cm³/mol. The zero-order chi connectivity index (χ0) is 13.8. The molecule has 19 heavy (non-hydrogen) atoms. The van der Waals surface area contributed by atoms with Crippen molar-refractivity contribution < 1.29 is 13.9 Å². The molecule has 0 spiro atoms. The van der Waals surface area contributed by atoms with Crippen molar-refractivity contribution in [3.8, 4) is 5.75 Å². The third kappa shape index (κ3) is 3.69. The number of ether oxygens (including phenoxy) is 1. The van der Waals surface area contributed by atoms with Crippen molar-refractivity contribution in [2.75, 3.05) is 19.7 Å². The van der Waals surface area contributed by atoms with Crippen molar-refractivity contribution in [1.29, 1.82) is 0 Å². The van der Waals surface area contributed by atoms with Crippen LogP contribution in [0.15, 0.2) is 24.3 Å². The van der Waals surface area contributed by atoms with Gasteiger partial charge in [0.25, 0.3) is 5.91 Å². The first-order valence-corrected chi connectivity index (χ1v) is 6.71. The summed E-state index contributed by atoms with van der Waals surface area (Å²) in [4.78, 5) is 13.9. The van der Waals surface area contributed by atoms with Gasteiger partial charge in [0.1, 0.15) is 0 Å². The number of carbonyl (C=O) groups excluding carboxylic acids is 1. The van der Waals surface area contributed by atoms with Gasteiger partial charge in [0.05, 0.1) is 0 Å². The van der Waals surface area contributed by atoms with Crippen molar-refractivity contribution in [2.24, 2.45) is 11.8 Å². The maximum atomic E-state index is 13.4. The van der Waals surface area contributed by atoms with Crippen LogP contribution in [0.5, 0.6) is 5.75 Å². The highest BCUT2D eigenvalue weighted by molar-refractivity contribution is 5.77. The molecule has 1 amide bonds. The van der Waals surface area contributed by atoms with Gasteiger partial charge in [0.15, 0.2) is 18.2 Å². The van der Waals surface area contributed by atoms with Crippen molar-refractivity contribution in [2.45, 2.75) is 20.3 Å². The summed E-state index contributed by atoms with van der Waals surface area (Å²) in [7, 11) is 0. The van der Waals surface area contributed by atoms with E-state index in [-0.39, 0.29) is 18.3 Å². The molecule has 1 aliphatic heterocycles. The van der Waals surface area contributed by atoms with Crippen LogP contribution in [-0.2, 0) is 4.79 Å². The second kappa shape index (κ2) is 6.04. The first-order chi connectivity index (χ1) is 9.06. The lowest BCUT2D eigenvalue weighted by Crippen LogP contribution is -2.44. The largest absolute Gasteiger partial charge is 0.481 e. The van der Waals surface area contributed by atoms with Crippen molar-refractivity contribution in [3.63, 3.8) is 0 Å². The van der Waals surface area contributed by atoms with E-state index in [0.29, 0.717) is 11.8 Å². The highest BCUT2D eigenvalue weighted by Crippen LogP contribution is 2.21. The van der Waals surface area contributed by atoms with Crippen LogP contribution in [0.2, 0.25) is 0 Å². The SMILES string of the molecule is CC1CC(C)CN(C(=O)COc2ccccc2F)C1. The molecule has 0 N–H and O–H groups in total. The van der Waals surface area contributed by atoms with Gasteiger partial charge in [-0.3, -0.25) is 4.79 Å². The van der Waals surface area contributed by atoms with E-state index in [1.54, 1.807) is 12.1 Å². The molecule has 1 fully saturated rings. The van der Waals surface area contributed by atoms with E-state index >= 15 is 0 Å². The van der Waals surface area contributed by atoms with Crippen LogP contribution < -0.4 is 4.74 Å². The van der Waals surface area contributed by atoms with Crippen molar-refractivity contribution >= 4 is 5.91 Å². The number of amides is 1. The minimum Gasteiger partial charge on any atom is -0.481 e. The summed E-state index contributed by atoms with van der Waals surface area (Å²) >= 11 is 0. The van der Waals surface area contributed by atoms with E-state index in [0.717, 1.165) is 19.5 Å². The smallest absolute Gasteiger partial charge is 0.260 e. The second-order valence-corrected chi connectivity index (χ2v) is 5.46. The molecule has 2 atom stereocenters. The summed E-state index contributed by atoms with van der Waals surface area (Å²) in [5, 5.41) is 0. The molecule has 1 aromatic carbocycles. The number of para-hydroxylation sites is 1. The Labute approximate surface area is 113 Å². The van der Waals surface area contributed by atoms with Crippen LogP contribution in [-0.4, -0.2) is 30.5 Å². The monoisotopic (exact) mass is 265 g/mol. The van der Waals surface area contributed by atoms with Gasteiger partial charge in [-0.25, -0.2) is 4.39 Å². The minimum absolute atomic E-state index is 0.0679. The molecule has 1 saturated heterocycles. The molecule has 3 nitrogen and oxygen atoms in total. The Balaban J connectivity index is 1.89. The number of carbonyl (C=O) groups is 1. The Kier molecular flexibility index (Phi) is 4.40. The first-order valence-electron chi connectivity index (χ1n) is 6.71. The molecule has 2 rings (SSSR count). The highest BCUT2D eigenvalue weighted by atomic mass is 19.1. The fourth-order valence-electron chi connectivity index (χ4n) is 2.66. The van der Waals surface area contributed by atoms with Crippen LogP contribution in [0.4, 0.5) is 4.39 Å². The lowest BCUT2D eigenvalue weighted by atomic mass is 9.92. The Morgan fingerprint density at radius 2 is 1.95 bits per heavy atom. The molecule has 1 aliphatic rings. The van der Waals surface area contributed by atoms with E-state index in [9.17, 15) is 9.18 Å². The maximum absolute atomic E-state index is 13.4. The molecule has 4 heteroatoms. The maximum Gasteiger partial charge on any atom is 0.260 e. The van der Waals surface area contributed by atoms with Crippen molar-refractivity contribution in [3.05, 3.63) is 30.1 Å². The van der Waals surface area contributed by atoms with Crippen LogP contribution >= 0.6 is 0 Å². The lowest BCUT2D eigenvalue weighted by molar-refractivity contribution is -0.136. The number of halogens is 1. The van der Waals surface area contributed by atoms with E-state index in [4.69, 9.17) is 4.74 Å². The molecule has 1 heterocycles. The number of hydrogen-bond acceptors (Lipinski definition) is 2. The topological polar surface area (TPSA) is 29.5 Å². The standard InChI is InChI=1S/C15H20FNO2/c1-11-7-12(2)9-17(8-11)15(18)10-19-14-6-4-3-5-13(14)16/h3-6,11-12H,7-10H2,1-2H3. The summed E-state index contributed by atoms with van der Waals surface area (Å²) in [5.74, 6) is 0.661. The second-order valence-electron chi connectivity index (χ2n) is 5.46. The number of hydrogen-bond donors (Lipinski definition) is 0. The van der Waals surface area contributed by atoms with Gasteiger partial charge in [-0.05, 0) is 30.4 Å². The van der Waals surface area contributed by atoms with Gasteiger partial charge < -0.3 is 9.64 Å². The third-order valence-corrected chi connectivity index (χ3v) is 3.41. The lowest BCUT2D eigenvalue weighted by Gasteiger charge is -2.34. The van der Waals surface area contributed by atoms with Gasteiger partial charge in [0, 0.05) is 13.1 Å². The summed E-state index contributed by atoms with van der Waals surface area (Å²) in [5.41, 5.74) is 0. The number of nitrogens with zero attached hydrogens (tertiary/aromatic N) is 1. The van der Waals surface area contributed by atoms with E-state index in [2.05, 4.69) is 13.8 Å². The minimum atomic E-state index is -0.435. The molecule has 0 radical (unpaired) electrons. The highest BCUT2D eigenvalue weighted by Gasteiger charge is 2.25. The molecule has 0 saturated carbocycles. The summed E-state index contributed by atoms with van der Waals surface area (Å²) in [6.45, 7) is 5.73. The van der Waals surface area contributed by atoms with Gasteiger partial charge in [-0.15, -0.1) is 0 Å². The zero-order valence-corrected chi connectivity index (χ0v) is 11.4. The normalized spacial score (nSPS) is 23.2. The number of rotatable bonds is 3. The summed E-state index contributed by atoms with van der Waals surface area (Å²) < 4.78 is 18.6. The van der Waals surface area contributed by atoms with Crippen LogP contribution in [0.1, 0.15) is 20.3 Å². The van der Waals surface area contributed by atoms with Crippen LogP contribution in [0, 0.1) is 17.7 Å². The number of likely N-dealkylation sites (tertiary alicyclic amines) is 1. The number of piperidine rings is 1. The Hall–Kier alpha value is -1.58. The molecule has 0 bridgehead atoms. The average Bonchev–Trinajstić information content (AvgIpc) is 2.36. The quantitative estimate of drug-likeness (QED) is 0.841. The van der Waals surface area contributed by atoms with Gasteiger partial charge >= 0.3 is 0 Å². The Morgan fingerprint density at radius 1 is 1.32 bits per heavy atom. The van der Waals surface area contributed by atoms with Gasteiger partial charge in [-0.2, -0.15) is 0 Å². The molecular formula is C15H20FNO2. The zero-order valence-electron chi connectivity index (χ0n) is 11.4. The third-order valence-electron chi connectivity index (χ3n) is 3.41. The van der Waals surface area contributed by atoms with Crippen LogP contribution in [0.25, 0.3) is 0 Å². The van der Waals surface area contributed by atoms with Crippen LogP contribution in [0.3, 0.4) is 0 Å².